The number of quaternary nitrogens is 1. The predicted molar refractivity (Wildman–Crippen MR) is 150 cm³/mol. The second kappa shape index (κ2) is 10.7. The first kappa shape index (κ1) is 25.6. The van der Waals surface area contributed by atoms with Crippen molar-refractivity contribution in [2.75, 3.05) is 44.7 Å². The Morgan fingerprint density at radius 2 is 1.68 bits per heavy atom. The molecule has 5 rings (SSSR count). The second-order valence-electron chi connectivity index (χ2n) is 9.84. The molecule has 7 heteroatoms. The van der Waals surface area contributed by atoms with Crippen LogP contribution in [-0.2, 0) is 6.54 Å². The number of nitrogens with zero attached hydrogens (tertiary/aromatic N) is 5. The van der Waals surface area contributed by atoms with Gasteiger partial charge in [-0.2, -0.15) is 5.26 Å². The molecule has 2 heterocycles. The standard InChI is InChI=1S/C31H31N5O2/c1-3-35(28-16-10-7-13-24(28)21-32)31(37)29-25-14-8-9-15-27(25)33-30(23-11-5-4-6-12-23)26(29)22-36(38)19-17-34(2)18-20-36/h4-16H,3,17-20,22H2,1-2H3. The minimum absolute atomic E-state index is 0.147. The van der Waals surface area contributed by atoms with Gasteiger partial charge in [0.2, 0.25) is 0 Å². The lowest BCUT2D eigenvalue weighted by atomic mass is 9.94. The number of amides is 1. The summed E-state index contributed by atoms with van der Waals surface area (Å²) in [6.45, 7) is 4.70. The molecule has 0 aliphatic carbocycles. The lowest BCUT2D eigenvalue weighted by molar-refractivity contribution is -0.898. The van der Waals surface area contributed by atoms with E-state index in [9.17, 15) is 15.3 Å². The number of benzene rings is 3. The first-order valence-corrected chi connectivity index (χ1v) is 13.0. The van der Waals surface area contributed by atoms with E-state index < -0.39 is 4.65 Å². The molecule has 1 fully saturated rings. The van der Waals surface area contributed by atoms with Crippen LogP contribution in [0.1, 0.15) is 28.4 Å². The van der Waals surface area contributed by atoms with E-state index in [0.717, 1.165) is 5.56 Å². The van der Waals surface area contributed by atoms with Gasteiger partial charge in [0.25, 0.3) is 5.91 Å². The number of pyridine rings is 1. The van der Waals surface area contributed by atoms with Gasteiger partial charge in [0, 0.05) is 36.1 Å². The number of para-hydroxylation sites is 2. The molecule has 0 atom stereocenters. The van der Waals surface area contributed by atoms with E-state index in [1.54, 1.807) is 23.1 Å². The van der Waals surface area contributed by atoms with E-state index in [1.165, 1.54) is 0 Å². The Kier molecular flexibility index (Phi) is 7.21. The highest BCUT2D eigenvalue weighted by molar-refractivity contribution is 6.16. The largest absolute Gasteiger partial charge is 0.632 e. The third-order valence-corrected chi connectivity index (χ3v) is 7.36. The summed E-state index contributed by atoms with van der Waals surface area (Å²) in [6, 6.07) is 26.7. The normalized spacial score (nSPS) is 15.2. The number of nitriles is 1. The summed E-state index contributed by atoms with van der Waals surface area (Å²) in [5.41, 5.74) is 4.34. The predicted octanol–water partition coefficient (Wildman–Crippen LogP) is 5.20. The minimum Gasteiger partial charge on any atom is -0.632 e. The van der Waals surface area contributed by atoms with Crippen molar-refractivity contribution in [3.05, 3.63) is 101 Å². The molecule has 0 radical (unpaired) electrons. The van der Waals surface area contributed by atoms with Crippen LogP contribution in [0.25, 0.3) is 22.2 Å². The zero-order valence-electron chi connectivity index (χ0n) is 21.8. The Morgan fingerprint density at radius 3 is 2.39 bits per heavy atom. The maximum atomic E-state index is 14.5. The summed E-state index contributed by atoms with van der Waals surface area (Å²) in [4.78, 5) is 23.3. The highest BCUT2D eigenvalue weighted by Crippen LogP contribution is 2.35. The highest BCUT2D eigenvalue weighted by atomic mass is 16.5. The molecular formula is C31H31N5O2. The number of likely N-dealkylation sites (N-methyl/N-ethyl adjacent to an activating group) is 1. The Balaban J connectivity index is 1.76. The van der Waals surface area contributed by atoms with Gasteiger partial charge in [0.05, 0.1) is 41.1 Å². The van der Waals surface area contributed by atoms with Crippen LogP contribution in [0.5, 0.6) is 0 Å². The molecule has 0 N–H and O–H groups in total. The number of hydroxylamine groups is 3. The number of rotatable bonds is 6. The van der Waals surface area contributed by atoms with Crippen molar-refractivity contribution in [3.8, 4) is 17.3 Å². The summed E-state index contributed by atoms with van der Waals surface area (Å²) < 4.78 is -0.411. The van der Waals surface area contributed by atoms with Crippen molar-refractivity contribution >= 4 is 22.5 Å². The fraction of sp³-hybridized carbons (Fsp3) is 0.258. The van der Waals surface area contributed by atoms with Crippen molar-refractivity contribution in [3.63, 3.8) is 0 Å². The van der Waals surface area contributed by atoms with Gasteiger partial charge >= 0.3 is 0 Å². The average Bonchev–Trinajstić information content (AvgIpc) is 2.95. The van der Waals surface area contributed by atoms with Crippen LogP contribution in [0.15, 0.2) is 78.9 Å². The quantitative estimate of drug-likeness (QED) is 0.266. The lowest BCUT2D eigenvalue weighted by Gasteiger charge is -2.48. The Morgan fingerprint density at radius 1 is 1.03 bits per heavy atom. The molecule has 3 aromatic carbocycles. The number of aromatic nitrogens is 1. The topological polar surface area (TPSA) is 83.3 Å². The molecule has 0 saturated carbocycles. The first-order chi connectivity index (χ1) is 18.4. The number of hydrogen-bond donors (Lipinski definition) is 0. The molecule has 38 heavy (non-hydrogen) atoms. The van der Waals surface area contributed by atoms with Crippen LogP contribution in [0.2, 0.25) is 0 Å². The van der Waals surface area contributed by atoms with Crippen LogP contribution in [-0.4, -0.2) is 60.2 Å². The van der Waals surface area contributed by atoms with E-state index in [-0.39, 0.29) is 12.5 Å². The molecule has 7 nitrogen and oxygen atoms in total. The third kappa shape index (κ3) is 4.90. The molecule has 1 aromatic heterocycles. The number of anilines is 1. The minimum atomic E-state index is -0.411. The summed E-state index contributed by atoms with van der Waals surface area (Å²) in [5, 5.41) is 24.5. The lowest BCUT2D eigenvalue weighted by Crippen LogP contribution is -2.54. The van der Waals surface area contributed by atoms with Crippen LogP contribution in [0.4, 0.5) is 5.69 Å². The molecule has 192 valence electrons. The Bertz CT molecular complexity index is 1500. The van der Waals surface area contributed by atoms with Crippen LogP contribution in [0.3, 0.4) is 0 Å². The van der Waals surface area contributed by atoms with Crippen LogP contribution < -0.4 is 4.90 Å². The van der Waals surface area contributed by atoms with Crippen molar-refractivity contribution in [1.29, 1.82) is 5.26 Å². The number of carbonyl (C=O) groups excluding carboxylic acids is 1. The second-order valence-corrected chi connectivity index (χ2v) is 9.84. The summed E-state index contributed by atoms with van der Waals surface area (Å²) in [6.07, 6.45) is 0. The fourth-order valence-corrected chi connectivity index (χ4v) is 5.22. The molecule has 4 aromatic rings. The molecule has 0 spiro atoms. The van der Waals surface area contributed by atoms with Gasteiger partial charge in [-0.05, 0) is 32.2 Å². The molecule has 1 saturated heterocycles. The van der Waals surface area contributed by atoms with E-state index in [4.69, 9.17) is 4.98 Å². The maximum absolute atomic E-state index is 14.5. The van der Waals surface area contributed by atoms with Gasteiger partial charge < -0.3 is 14.8 Å². The first-order valence-electron chi connectivity index (χ1n) is 13.0. The third-order valence-electron chi connectivity index (χ3n) is 7.36. The number of carbonyl (C=O) groups is 1. The van der Waals surface area contributed by atoms with Crippen LogP contribution in [0, 0.1) is 16.5 Å². The summed E-state index contributed by atoms with van der Waals surface area (Å²) in [5.74, 6) is -0.235. The Hall–Kier alpha value is -4.09. The fourth-order valence-electron chi connectivity index (χ4n) is 5.22. The van der Waals surface area contributed by atoms with Crippen molar-refractivity contribution < 1.29 is 9.44 Å². The van der Waals surface area contributed by atoms with Gasteiger partial charge in [0.1, 0.15) is 12.6 Å². The summed E-state index contributed by atoms with van der Waals surface area (Å²) >= 11 is 0. The van der Waals surface area contributed by atoms with Gasteiger partial charge in [-0.3, -0.25) is 9.69 Å². The van der Waals surface area contributed by atoms with E-state index in [0.29, 0.717) is 71.7 Å². The number of fused-ring (bicyclic) bond motifs is 1. The van der Waals surface area contributed by atoms with Crippen molar-refractivity contribution in [2.24, 2.45) is 0 Å². The molecule has 1 aliphatic heterocycles. The van der Waals surface area contributed by atoms with Gasteiger partial charge in [-0.25, -0.2) is 4.98 Å². The molecule has 1 amide bonds. The number of hydrogen-bond acceptors (Lipinski definition) is 5. The Labute approximate surface area is 223 Å². The molecule has 0 bridgehead atoms. The zero-order valence-corrected chi connectivity index (χ0v) is 21.8. The average molecular weight is 506 g/mol. The van der Waals surface area contributed by atoms with E-state index in [1.807, 2.05) is 74.6 Å². The number of piperazine rings is 1. The van der Waals surface area contributed by atoms with Crippen LogP contribution >= 0.6 is 0 Å². The SMILES string of the molecule is CCN(C(=O)c1c(C[N+]2([O-])CCN(C)CC2)c(-c2ccccc2)nc2ccccc12)c1ccccc1C#N. The van der Waals surface area contributed by atoms with Crippen molar-refractivity contribution in [2.45, 2.75) is 13.5 Å². The zero-order chi connectivity index (χ0) is 26.7. The molecular weight excluding hydrogens is 474 g/mol. The van der Waals surface area contributed by atoms with E-state index in [2.05, 4.69) is 11.0 Å². The van der Waals surface area contributed by atoms with E-state index >= 15 is 0 Å². The van der Waals surface area contributed by atoms with Gasteiger partial charge in [0.15, 0.2) is 0 Å². The molecule has 0 unspecified atom stereocenters. The summed E-state index contributed by atoms with van der Waals surface area (Å²) in [7, 11) is 2.02. The highest BCUT2D eigenvalue weighted by Gasteiger charge is 2.32. The van der Waals surface area contributed by atoms with Gasteiger partial charge in [-0.15, -0.1) is 0 Å². The molecule has 1 aliphatic rings. The maximum Gasteiger partial charge on any atom is 0.259 e. The monoisotopic (exact) mass is 505 g/mol. The smallest absolute Gasteiger partial charge is 0.259 e. The van der Waals surface area contributed by atoms with Crippen molar-refractivity contribution in [1.82, 2.24) is 9.88 Å². The van der Waals surface area contributed by atoms with Gasteiger partial charge in [-0.1, -0.05) is 60.7 Å².